The van der Waals surface area contributed by atoms with Crippen molar-refractivity contribution in [2.45, 2.75) is 65.1 Å². The van der Waals surface area contributed by atoms with Gasteiger partial charge in [0.1, 0.15) is 0 Å². The van der Waals surface area contributed by atoms with Crippen LogP contribution in [0.5, 0.6) is 0 Å². The van der Waals surface area contributed by atoms with Gasteiger partial charge in [0.05, 0.1) is 6.10 Å². The first-order valence-corrected chi connectivity index (χ1v) is 6.53. The molecule has 1 heterocycles. The summed E-state index contributed by atoms with van der Waals surface area (Å²) in [6.45, 7) is 8.83. The van der Waals surface area contributed by atoms with Gasteiger partial charge in [-0.1, -0.05) is 27.2 Å². The molecule has 0 aromatic heterocycles. The van der Waals surface area contributed by atoms with Crippen LogP contribution in [0.25, 0.3) is 0 Å². The molecule has 1 unspecified atom stereocenters. The van der Waals surface area contributed by atoms with Gasteiger partial charge in [-0.25, -0.2) is 0 Å². The minimum Gasteiger partial charge on any atom is -0.358 e. The fraction of sp³-hybridized carbons (Fsp3) is 0.929. The molecule has 1 aliphatic heterocycles. The Balaban J connectivity index is 2.02. The Morgan fingerprint density at radius 1 is 1.19 bits per heavy atom. The van der Waals surface area contributed by atoms with Crippen LogP contribution in [0.1, 0.15) is 53.4 Å². The molecular weight excluding hydrogens is 200 g/mol. The number of fused-ring (bicyclic) bond motifs is 2. The molecule has 1 saturated heterocycles. The van der Waals surface area contributed by atoms with Crippen molar-refractivity contribution in [3.8, 4) is 0 Å². The fourth-order valence-corrected chi connectivity index (χ4v) is 4.49. The van der Waals surface area contributed by atoms with Crippen LogP contribution >= 0.6 is 0 Å². The first kappa shape index (κ1) is 10.8. The topological polar surface area (TPSA) is 29.6 Å². The Hall–Kier alpha value is -0.370. The third-order valence-electron chi connectivity index (χ3n) is 5.59. The van der Waals surface area contributed by atoms with Crippen LogP contribution in [0.15, 0.2) is 0 Å². The highest BCUT2D eigenvalue weighted by atomic mass is 16.6. The summed E-state index contributed by atoms with van der Waals surface area (Å²) in [5, 5.41) is 0. The van der Waals surface area contributed by atoms with E-state index in [0.29, 0.717) is 17.1 Å². The van der Waals surface area contributed by atoms with Crippen LogP contribution in [-0.4, -0.2) is 17.5 Å². The fourth-order valence-electron chi connectivity index (χ4n) is 4.49. The summed E-state index contributed by atoms with van der Waals surface area (Å²) in [7, 11) is 0. The van der Waals surface area contributed by atoms with Crippen LogP contribution in [-0.2, 0) is 9.53 Å². The molecule has 0 amide bonds. The highest BCUT2D eigenvalue weighted by Crippen LogP contribution is 2.63. The molecule has 3 fully saturated rings. The maximum atomic E-state index is 12.6. The normalized spacial score (nSPS) is 54.1. The van der Waals surface area contributed by atoms with Crippen LogP contribution in [0.2, 0.25) is 0 Å². The number of rotatable bonds is 0. The molecule has 4 atom stereocenters. The molecule has 16 heavy (non-hydrogen) atoms. The van der Waals surface area contributed by atoms with Gasteiger partial charge in [0.15, 0.2) is 11.4 Å². The van der Waals surface area contributed by atoms with Gasteiger partial charge in [0, 0.05) is 5.41 Å². The van der Waals surface area contributed by atoms with Crippen molar-refractivity contribution in [1.82, 2.24) is 0 Å². The summed E-state index contributed by atoms with van der Waals surface area (Å²) in [5.74, 6) is 0.899. The molecular formula is C14H22O2. The number of ketones is 1. The van der Waals surface area contributed by atoms with Crippen molar-refractivity contribution in [3.63, 3.8) is 0 Å². The van der Waals surface area contributed by atoms with Crippen LogP contribution in [0.3, 0.4) is 0 Å². The van der Waals surface area contributed by atoms with E-state index in [1.165, 1.54) is 12.8 Å². The molecule has 3 rings (SSSR count). The molecule has 2 aliphatic carbocycles. The van der Waals surface area contributed by atoms with Gasteiger partial charge < -0.3 is 4.74 Å². The van der Waals surface area contributed by atoms with Gasteiger partial charge >= 0.3 is 0 Å². The molecule has 3 aliphatic rings. The molecule has 0 radical (unpaired) electrons. The maximum absolute atomic E-state index is 12.6. The van der Waals surface area contributed by atoms with E-state index >= 15 is 0 Å². The van der Waals surface area contributed by atoms with Gasteiger partial charge in [0.2, 0.25) is 0 Å². The Labute approximate surface area is 97.7 Å². The zero-order chi connectivity index (χ0) is 11.8. The number of Topliss-reactive ketones (excluding diaryl/α,β-unsaturated/α-hetero) is 1. The highest BCUT2D eigenvalue weighted by molar-refractivity contribution is 5.96. The molecule has 2 saturated carbocycles. The molecule has 0 bridgehead atoms. The SMILES string of the molecule is CC1(C)CCC[C@]2(C)C(=O)[C@]3(C)O[C@@H]3CC12. The predicted octanol–water partition coefficient (Wildman–Crippen LogP) is 2.95. The number of carbonyl (C=O) groups excluding carboxylic acids is 1. The summed E-state index contributed by atoms with van der Waals surface area (Å²) in [5.41, 5.74) is -0.238. The van der Waals surface area contributed by atoms with Crippen LogP contribution in [0.4, 0.5) is 0 Å². The second kappa shape index (κ2) is 2.72. The number of hydrogen-bond acceptors (Lipinski definition) is 2. The number of ether oxygens (including phenoxy) is 1. The molecule has 2 nitrogen and oxygen atoms in total. The minimum atomic E-state index is -0.418. The van der Waals surface area contributed by atoms with Crippen molar-refractivity contribution in [2.75, 3.05) is 0 Å². The monoisotopic (exact) mass is 222 g/mol. The summed E-state index contributed by atoms with van der Waals surface area (Å²) >= 11 is 0. The van der Waals surface area contributed by atoms with Crippen LogP contribution in [0, 0.1) is 16.7 Å². The molecule has 0 aromatic rings. The van der Waals surface area contributed by atoms with Crippen LogP contribution < -0.4 is 0 Å². The average molecular weight is 222 g/mol. The smallest absolute Gasteiger partial charge is 0.173 e. The van der Waals surface area contributed by atoms with Gasteiger partial charge in [0.25, 0.3) is 0 Å². The van der Waals surface area contributed by atoms with E-state index in [4.69, 9.17) is 4.74 Å². The standard InChI is InChI=1S/C14H22O2/c1-12(2)6-5-7-13(3)9(12)8-10-14(4,16-10)11(13)15/h9-10H,5-8H2,1-4H3/t9?,10-,13+,14-/m1/s1. The van der Waals surface area contributed by atoms with Gasteiger partial charge in [-0.15, -0.1) is 0 Å². The summed E-state index contributed by atoms with van der Waals surface area (Å²) in [6, 6.07) is 0. The predicted molar refractivity (Wildman–Crippen MR) is 62.1 cm³/mol. The lowest BCUT2D eigenvalue weighted by Crippen LogP contribution is -2.54. The van der Waals surface area contributed by atoms with Gasteiger partial charge in [-0.05, 0) is 37.5 Å². The number of epoxide rings is 1. The quantitative estimate of drug-likeness (QED) is 0.590. The lowest BCUT2D eigenvalue weighted by atomic mass is 9.50. The van der Waals surface area contributed by atoms with Crippen molar-refractivity contribution in [2.24, 2.45) is 16.7 Å². The lowest BCUT2D eigenvalue weighted by molar-refractivity contribution is -0.145. The van der Waals surface area contributed by atoms with Gasteiger partial charge in [-0.3, -0.25) is 4.79 Å². The Bertz CT molecular complexity index is 360. The van der Waals surface area contributed by atoms with Crippen molar-refractivity contribution < 1.29 is 9.53 Å². The Morgan fingerprint density at radius 3 is 2.56 bits per heavy atom. The van der Waals surface area contributed by atoms with Gasteiger partial charge in [-0.2, -0.15) is 0 Å². The Morgan fingerprint density at radius 2 is 1.88 bits per heavy atom. The molecule has 90 valence electrons. The van der Waals surface area contributed by atoms with E-state index in [0.717, 1.165) is 12.8 Å². The third kappa shape index (κ3) is 1.09. The first-order chi connectivity index (χ1) is 7.31. The van der Waals surface area contributed by atoms with E-state index in [2.05, 4.69) is 20.8 Å². The maximum Gasteiger partial charge on any atom is 0.173 e. The van der Waals surface area contributed by atoms with E-state index in [9.17, 15) is 4.79 Å². The third-order valence-corrected chi connectivity index (χ3v) is 5.59. The van der Waals surface area contributed by atoms with E-state index in [-0.39, 0.29) is 11.5 Å². The van der Waals surface area contributed by atoms with E-state index < -0.39 is 5.60 Å². The largest absolute Gasteiger partial charge is 0.358 e. The highest BCUT2D eigenvalue weighted by Gasteiger charge is 2.70. The Kier molecular flexibility index (Phi) is 1.83. The summed E-state index contributed by atoms with van der Waals surface area (Å²) < 4.78 is 5.68. The summed E-state index contributed by atoms with van der Waals surface area (Å²) in [6.07, 6.45) is 4.81. The molecule has 0 aromatic carbocycles. The van der Waals surface area contributed by atoms with E-state index in [1.807, 2.05) is 6.92 Å². The number of hydrogen-bond donors (Lipinski definition) is 0. The van der Waals surface area contributed by atoms with Crippen molar-refractivity contribution in [3.05, 3.63) is 0 Å². The second-order valence-electron chi connectivity index (χ2n) is 7.09. The zero-order valence-electron chi connectivity index (χ0n) is 10.8. The average Bonchev–Trinajstić information content (AvgIpc) is 2.83. The van der Waals surface area contributed by atoms with E-state index in [1.54, 1.807) is 0 Å². The lowest BCUT2D eigenvalue weighted by Gasteiger charge is -2.52. The molecule has 2 heteroatoms. The minimum absolute atomic E-state index is 0.122. The van der Waals surface area contributed by atoms with Crippen molar-refractivity contribution in [1.29, 1.82) is 0 Å². The molecule has 0 spiro atoms. The summed E-state index contributed by atoms with van der Waals surface area (Å²) in [4.78, 5) is 12.6. The first-order valence-electron chi connectivity index (χ1n) is 6.53. The molecule has 0 N–H and O–H groups in total. The zero-order valence-corrected chi connectivity index (χ0v) is 10.8. The second-order valence-corrected chi connectivity index (χ2v) is 7.09. The number of carbonyl (C=O) groups is 1. The van der Waals surface area contributed by atoms with Crippen molar-refractivity contribution >= 4 is 5.78 Å².